The number of amides is 1. The van der Waals surface area contributed by atoms with Gasteiger partial charge in [-0.2, -0.15) is 0 Å². The highest BCUT2D eigenvalue weighted by Crippen LogP contribution is 2.41. The summed E-state index contributed by atoms with van der Waals surface area (Å²) in [5.41, 5.74) is 0.853. The third kappa shape index (κ3) is 3.42. The molecule has 5 heteroatoms. The van der Waals surface area contributed by atoms with Gasteiger partial charge in [-0.3, -0.25) is 4.79 Å². The molecule has 1 aromatic rings. The molecule has 110 valence electrons. The number of benzene rings is 1. The van der Waals surface area contributed by atoms with Crippen molar-refractivity contribution in [1.29, 1.82) is 0 Å². The SMILES string of the molecule is CC(CO)NC(=O)COc1cccc2c1OC(C)(C)C2. The molecule has 0 saturated carbocycles. The van der Waals surface area contributed by atoms with Crippen LogP contribution in [-0.2, 0) is 11.2 Å². The van der Waals surface area contributed by atoms with Gasteiger partial charge in [0, 0.05) is 18.0 Å². The van der Waals surface area contributed by atoms with E-state index < -0.39 is 0 Å². The van der Waals surface area contributed by atoms with Gasteiger partial charge in [-0.15, -0.1) is 0 Å². The van der Waals surface area contributed by atoms with E-state index in [1.54, 1.807) is 13.0 Å². The first-order chi connectivity index (χ1) is 9.41. The van der Waals surface area contributed by atoms with E-state index in [0.717, 1.165) is 17.7 Å². The van der Waals surface area contributed by atoms with E-state index >= 15 is 0 Å². The van der Waals surface area contributed by atoms with E-state index in [0.29, 0.717) is 5.75 Å². The van der Waals surface area contributed by atoms with Crippen molar-refractivity contribution < 1.29 is 19.4 Å². The number of aliphatic hydroxyl groups excluding tert-OH is 1. The van der Waals surface area contributed by atoms with Crippen LogP contribution >= 0.6 is 0 Å². The summed E-state index contributed by atoms with van der Waals surface area (Å²) < 4.78 is 11.4. The van der Waals surface area contributed by atoms with Crippen LogP contribution in [0, 0.1) is 0 Å². The zero-order valence-electron chi connectivity index (χ0n) is 12.1. The summed E-state index contributed by atoms with van der Waals surface area (Å²) in [6.45, 7) is 5.58. The minimum absolute atomic E-state index is 0.0927. The number of hydrogen-bond acceptors (Lipinski definition) is 4. The third-order valence-corrected chi connectivity index (χ3v) is 3.09. The second-order valence-corrected chi connectivity index (χ2v) is 5.72. The molecule has 0 fully saturated rings. The van der Waals surface area contributed by atoms with Gasteiger partial charge in [-0.1, -0.05) is 12.1 Å². The number of carbonyl (C=O) groups excluding carboxylic acids is 1. The zero-order valence-corrected chi connectivity index (χ0v) is 12.1. The predicted octanol–water partition coefficient (Wildman–Crippen LogP) is 1.28. The second-order valence-electron chi connectivity index (χ2n) is 5.72. The van der Waals surface area contributed by atoms with Gasteiger partial charge in [-0.05, 0) is 26.8 Å². The van der Waals surface area contributed by atoms with Crippen molar-refractivity contribution in [3.05, 3.63) is 23.8 Å². The molecule has 1 aromatic carbocycles. The molecule has 0 bridgehead atoms. The highest BCUT2D eigenvalue weighted by molar-refractivity contribution is 5.78. The first kappa shape index (κ1) is 14.7. The maximum atomic E-state index is 11.6. The fourth-order valence-corrected chi connectivity index (χ4v) is 2.21. The van der Waals surface area contributed by atoms with Crippen LogP contribution in [-0.4, -0.2) is 35.9 Å². The standard InChI is InChI=1S/C15H21NO4/c1-10(8-17)16-13(18)9-19-12-6-4-5-11-7-15(2,3)20-14(11)12/h4-6,10,17H,7-9H2,1-3H3,(H,16,18). The molecule has 1 amide bonds. The Kier molecular flexibility index (Phi) is 4.18. The lowest BCUT2D eigenvalue weighted by Crippen LogP contribution is -2.38. The van der Waals surface area contributed by atoms with Crippen LogP contribution in [0.1, 0.15) is 26.3 Å². The Balaban J connectivity index is 1.99. The Labute approximate surface area is 118 Å². The molecule has 1 heterocycles. The molecule has 0 aromatic heterocycles. The number of rotatable bonds is 5. The van der Waals surface area contributed by atoms with Crippen LogP contribution in [0.3, 0.4) is 0 Å². The molecule has 2 rings (SSSR count). The van der Waals surface area contributed by atoms with Gasteiger partial charge < -0.3 is 19.9 Å². The van der Waals surface area contributed by atoms with Crippen LogP contribution in [0.5, 0.6) is 11.5 Å². The minimum Gasteiger partial charge on any atom is -0.483 e. The Morgan fingerprint density at radius 2 is 2.30 bits per heavy atom. The summed E-state index contributed by atoms with van der Waals surface area (Å²) in [6.07, 6.45) is 0.827. The molecular formula is C15H21NO4. The number of para-hydroxylation sites is 1. The summed E-state index contributed by atoms with van der Waals surface area (Å²) >= 11 is 0. The van der Waals surface area contributed by atoms with Crippen LogP contribution in [0.4, 0.5) is 0 Å². The van der Waals surface area contributed by atoms with Crippen LogP contribution in [0.15, 0.2) is 18.2 Å². The lowest BCUT2D eigenvalue weighted by molar-refractivity contribution is -0.124. The molecule has 0 radical (unpaired) electrons. The minimum atomic E-state index is -0.275. The maximum absolute atomic E-state index is 11.6. The number of ether oxygens (including phenoxy) is 2. The normalized spacial score (nSPS) is 17.0. The van der Waals surface area contributed by atoms with E-state index in [-0.39, 0.29) is 30.8 Å². The largest absolute Gasteiger partial charge is 0.483 e. The van der Waals surface area contributed by atoms with Crippen LogP contribution in [0.25, 0.3) is 0 Å². The van der Waals surface area contributed by atoms with Crippen LogP contribution in [0.2, 0.25) is 0 Å². The molecule has 1 aliphatic rings. The molecule has 5 nitrogen and oxygen atoms in total. The van der Waals surface area contributed by atoms with Gasteiger partial charge in [-0.25, -0.2) is 0 Å². The van der Waals surface area contributed by atoms with E-state index in [1.165, 1.54) is 0 Å². The summed E-state index contributed by atoms with van der Waals surface area (Å²) in [4.78, 5) is 11.6. The smallest absolute Gasteiger partial charge is 0.258 e. The Morgan fingerprint density at radius 1 is 1.55 bits per heavy atom. The monoisotopic (exact) mass is 279 g/mol. The van der Waals surface area contributed by atoms with Gasteiger partial charge in [0.1, 0.15) is 5.60 Å². The highest BCUT2D eigenvalue weighted by Gasteiger charge is 2.32. The molecular weight excluding hydrogens is 258 g/mol. The lowest BCUT2D eigenvalue weighted by Gasteiger charge is -2.18. The van der Waals surface area contributed by atoms with Crippen molar-refractivity contribution in [2.45, 2.75) is 38.8 Å². The number of carbonyl (C=O) groups is 1. The Hall–Kier alpha value is -1.75. The molecule has 0 spiro atoms. The van der Waals surface area contributed by atoms with Crippen molar-refractivity contribution in [3.8, 4) is 11.5 Å². The van der Waals surface area contributed by atoms with E-state index in [4.69, 9.17) is 14.6 Å². The summed E-state index contributed by atoms with van der Waals surface area (Å²) in [6, 6.07) is 5.42. The van der Waals surface area contributed by atoms with E-state index in [2.05, 4.69) is 5.32 Å². The summed E-state index contributed by atoms with van der Waals surface area (Å²) in [5.74, 6) is 1.04. The molecule has 0 aliphatic carbocycles. The van der Waals surface area contributed by atoms with Gasteiger partial charge >= 0.3 is 0 Å². The van der Waals surface area contributed by atoms with Gasteiger partial charge in [0.05, 0.1) is 6.61 Å². The van der Waals surface area contributed by atoms with Crippen molar-refractivity contribution in [1.82, 2.24) is 5.32 Å². The average molecular weight is 279 g/mol. The van der Waals surface area contributed by atoms with Gasteiger partial charge in [0.2, 0.25) is 0 Å². The third-order valence-electron chi connectivity index (χ3n) is 3.09. The molecule has 1 unspecified atom stereocenters. The van der Waals surface area contributed by atoms with E-state index in [9.17, 15) is 4.79 Å². The van der Waals surface area contributed by atoms with Gasteiger partial charge in [0.25, 0.3) is 5.91 Å². The molecule has 2 N–H and O–H groups in total. The molecule has 1 aliphatic heterocycles. The van der Waals surface area contributed by atoms with E-state index in [1.807, 2.05) is 26.0 Å². The number of aliphatic hydroxyl groups is 1. The molecule has 1 atom stereocenters. The quantitative estimate of drug-likeness (QED) is 0.852. The molecule has 20 heavy (non-hydrogen) atoms. The summed E-state index contributed by atoms with van der Waals surface area (Å²) in [7, 11) is 0. The molecule has 0 saturated heterocycles. The number of nitrogens with one attached hydrogen (secondary N) is 1. The lowest BCUT2D eigenvalue weighted by atomic mass is 10.0. The van der Waals surface area contributed by atoms with Crippen molar-refractivity contribution in [2.24, 2.45) is 0 Å². The van der Waals surface area contributed by atoms with Crippen molar-refractivity contribution >= 4 is 5.91 Å². The number of fused-ring (bicyclic) bond motifs is 1. The van der Waals surface area contributed by atoms with Crippen molar-refractivity contribution in [2.75, 3.05) is 13.2 Å². The average Bonchev–Trinajstić information content (AvgIpc) is 2.70. The van der Waals surface area contributed by atoms with Crippen LogP contribution < -0.4 is 14.8 Å². The highest BCUT2D eigenvalue weighted by atomic mass is 16.5. The fourth-order valence-electron chi connectivity index (χ4n) is 2.21. The topological polar surface area (TPSA) is 67.8 Å². The predicted molar refractivity (Wildman–Crippen MR) is 75.0 cm³/mol. The maximum Gasteiger partial charge on any atom is 0.258 e. The Bertz CT molecular complexity index is 499. The first-order valence-corrected chi connectivity index (χ1v) is 6.75. The van der Waals surface area contributed by atoms with Crippen molar-refractivity contribution in [3.63, 3.8) is 0 Å². The number of hydrogen-bond donors (Lipinski definition) is 2. The zero-order chi connectivity index (χ0) is 14.8. The Morgan fingerprint density at radius 3 is 3.00 bits per heavy atom. The fraction of sp³-hybridized carbons (Fsp3) is 0.533. The summed E-state index contributed by atoms with van der Waals surface area (Å²) in [5, 5.41) is 11.5. The first-order valence-electron chi connectivity index (χ1n) is 6.75. The van der Waals surface area contributed by atoms with Gasteiger partial charge in [0.15, 0.2) is 18.1 Å². The second kappa shape index (κ2) is 5.71.